The molecule has 3 atom stereocenters. The number of aromatic amines is 1. The van der Waals surface area contributed by atoms with Gasteiger partial charge in [0.25, 0.3) is 0 Å². The zero-order chi connectivity index (χ0) is 19.0. The molecule has 6 nitrogen and oxygen atoms in total. The number of ether oxygens (including phenoxy) is 1. The Hall–Kier alpha value is -2.76. The molecule has 2 aromatic heterocycles. The average Bonchev–Trinajstić information content (AvgIpc) is 3.30. The average molecular weight is 366 g/mol. The smallest absolute Gasteiger partial charge is 0.246 e. The largest absolute Gasteiger partial charge is 0.504 e. The summed E-state index contributed by atoms with van der Waals surface area (Å²) in [4.78, 5) is 21.8. The van der Waals surface area contributed by atoms with Crippen LogP contribution in [0.25, 0.3) is 11.0 Å². The molecule has 0 unspecified atom stereocenters. The minimum atomic E-state index is 0.00327. The first kappa shape index (κ1) is 17.6. The Morgan fingerprint density at radius 3 is 3.11 bits per heavy atom. The molecule has 1 aliphatic heterocycles. The van der Waals surface area contributed by atoms with E-state index in [0.717, 1.165) is 36.0 Å². The van der Waals surface area contributed by atoms with Gasteiger partial charge in [-0.05, 0) is 49.5 Å². The summed E-state index contributed by atoms with van der Waals surface area (Å²) in [5, 5.41) is 4.81. The molecule has 1 saturated heterocycles. The minimum absolute atomic E-state index is 0.00327. The van der Waals surface area contributed by atoms with Crippen LogP contribution in [0.15, 0.2) is 43.0 Å². The van der Waals surface area contributed by atoms with Crippen LogP contribution in [0.1, 0.15) is 37.7 Å². The maximum Gasteiger partial charge on any atom is 0.246 e. The number of likely N-dealkylation sites (tertiary alicyclic amines) is 1. The van der Waals surface area contributed by atoms with Crippen molar-refractivity contribution in [1.82, 2.24) is 14.9 Å². The number of amides is 1. The van der Waals surface area contributed by atoms with Gasteiger partial charge in [0, 0.05) is 48.0 Å². The van der Waals surface area contributed by atoms with Crippen LogP contribution in [0, 0.1) is 0 Å². The predicted octanol–water partition coefficient (Wildman–Crippen LogP) is 3.56. The number of H-pyrrole nitrogens is 1. The number of hydrogen-bond acceptors (Lipinski definition) is 4. The number of hydrogen-bond donors (Lipinski definition) is 2. The molecule has 1 amide bonds. The predicted molar refractivity (Wildman–Crippen MR) is 107 cm³/mol. The molecule has 0 radical (unpaired) electrons. The lowest BCUT2D eigenvalue weighted by molar-refractivity contribution is -0.129. The van der Waals surface area contributed by atoms with E-state index in [1.807, 2.05) is 23.4 Å². The highest BCUT2D eigenvalue weighted by Gasteiger charge is 2.35. The lowest BCUT2D eigenvalue weighted by Crippen LogP contribution is -2.49. The maximum atomic E-state index is 12.1. The second-order valence-electron chi connectivity index (χ2n) is 7.47. The van der Waals surface area contributed by atoms with Crippen LogP contribution in [0.2, 0.25) is 0 Å². The molecule has 4 rings (SSSR count). The van der Waals surface area contributed by atoms with E-state index in [1.54, 1.807) is 7.11 Å². The molecule has 2 fully saturated rings. The monoisotopic (exact) mass is 366 g/mol. The van der Waals surface area contributed by atoms with E-state index in [9.17, 15) is 4.79 Å². The van der Waals surface area contributed by atoms with Crippen LogP contribution in [0.4, 0.5) is 5.69 Å². The first-order valence-electron chi connectivity index (χ1n) is 9.49. The minimum Gasteiger partial charge on any atom is -0.504 e. The number of pyridine rings is 1. The van der Waals surface area contributed by atoms with Gasteiger partial charge in [-0.25, -0.2) is 4.98 Å². The van der Waals surface area contributed by atoms with Crippen molar-refractivity contribution in [3.05, 3.63) is 48.5 Å². The van der Waals surface area contributed by atoms with Crippen LogP contribution in [0.3, 0.4) is 0 Å². The van der Waals surface area contributed by atoms with Crippen LogP contribution in [-0.2, 0) is 9.53 Å². The number of allylic oxidation sites excluding steroid dienone is 1. The second-order valence-corrected chi connectivity index (χ2v) is 7.47. The number of nitrogens with zero attached hydrogens (tertiary/aromatic N) is 2. The van der Waals surface area contributed by atoms with E-state index in [0.29, 0.717) is 12.5 Å². The van der Waals surface area contributed by atoms with Crippen molar-refractivity contribution in [3.63, 3.8) is 0 Å². The molecule has 2 N–H and O–H groups in total. The van der Waals surface area contributed by atoms with Crippen LogP contribution < -0.4 is 5.32 Å². The number of carbonyl (C=O) groups is 1. The van der Waals surface area contributed by atoms with Crippen molar-refractivity contribution in [1.29, 1.82) is 0 Å². The molecule has 1 aliphatic carbocycles. The number of rotatable bonds is 5. The van der Waals surface area contributed by atoms with Gasteiger partial charge in [-0.1, -0.05) is 6.58 Å². The van der Waals surface area contributed by atoms with Gasteiger partial charge in [0.2, 0.25) is 5.91 Å². The molecule has 1 saturated carbocycles. The van der Waals surface area contributed by atoms with Crippen molar-refractivity contribution >= 4 is 22.6 Å². The highest BCUT2D eigenvalue weighted by Crippen LogP contribution is 2.50. The molecule has 142 valence electrons. The van der Waals surface area contributed by atoms with Gasteiger partial charge >= 0.3 is 0 Å². The van der Waals surface area contributed by atoms with Gasteiger partial charge in [0.15, 0.2) is 0 Å². The Kier molecular flexibility index (Phi) is 4.64. The normalized spacial score (nSPS) is 26.2. The molecule has 2 aliphatic rings. The van der Waals surface area contributed by atoms with Crippen LogP contribution in [0.5, 0.6) is 0 Å². The van der Waals surface area contributed by atoms with Gasteiger partial charge in [-0.3, -0.25) is 4.79 Å². The Bertz CT molecular complexity index is 901. The molecule has 2 aromatic rings. The summed E-state index contributed by atoms with van der Waals surface area (Å²) in [5.74, 6) is 0.400. The fourth-order valence-electron chi connectivity index (χ4n) is 4.11. The standard InChI is InChI=1S/C21H26N4O2/c1-4-19(26)25-11-15(6-5-13(25)2)24-18-7-8-22-21-20(18)17(10-23-21)16-9-14(16)12-27-3/h4,7-8,10,12-13,15-16H,1,5-6,9,11H2,2-3H3,(H2,22,23,24)/b14-12+/t13-,15+,16+/m0/s1. The third kappa shape index (κ3) is 3.31. The third-order valence-corrected chi connectivity index (χ3v) is 5.68. The van der Waals surface area contributed by atoms with Crippen molar-refractivity contribution in [2.45, 2.75) is 44.2 Å². The fourth-order valence-corrected chi connectivity index (χ4v) is 4.11. The topological polar surface area (TPSA) is 70.2 Å². The number of anilines is 1. The lowest BCUT2D eigenvalue weighted by Gasteiger charge is -2.38. The Morgan fingerprint density at radius 1 is 1.48 bits per heavy atom. The quantitative estimate of drug-likeness (QED) is 0.627. The summed E-state index contributed by atoms with van der Waals surface area (Å²) in [6.07, 6.45) is 10.2. The molecular formula is C21H26N4O2. The Morgan fingerprint density at radius 2 is 2.33 bits per heavy atom. The van der Waals surface area contributed by atoms with Crippen molar-refractivity contribution in [2.75, 3.05) is 19.0 Å². The summed E-state index contributed by atoms with van der Waals surface area (Å²) in [7, 11) is 1.69. The van der Waals surface area contributed by atoms with E-state index in [4.69, 9.17) is 4.74 Å². The van der Waals surface area contributed by atoms with E-state index in [1.165, 1.54) is 17.2 Å². The zero-order valence-corrected chi connectivity index (χ0v) is 15.9. The van der Waals surface area contributed by atoms with Crippen molar-refractivity contribution in [3.8, 4) is 0 Å². The van der Waals surface area contributed by atoms with Gasteiger partial charge in [0.1, 0.15) is 5.65 Å². The van der Waals surface area contributed by atoms with E-state index in [2.05, 4.69) is 35.0 Å². The Labute approximate surface area is 159 Å². The highest BCUT2D eigenvalue weighted by atomic mass is 16.5. The third-order valence-electron chi connectivity index (χ3n) is 5.68. The molecule has 0 spiro atoms. The maximum absolute atomic E-state index is 12.1. The van der Waals surface area contributed by atoms with Crippen molar-refractivity contribution < 1.29 is 9.53 Å². The van der Waals surface area contributed by atoms with Gasteiger partial charge < -0.3 is 19.9 Å². The second kappa shape index (κ2) is 7.10. The van der Waals surface area contributed by atoms with Crippen molar-refractivity contribution in [2.24, 2.45) is 0 Å². The number of nitrogens with one attached hydrogen (secondary N) is 2. The highest BCUT2D eigenvalue weighted by molar-refractivity contribution is 5.94. The zero-order valence-electron chi connectivity index (χ0n) is 15.9. The first-order chi connectivity index (χ1) is 13.1. The summed E-state index contributed by atoms with van der Waals surface area (Å²) in [6, 6.07) is 2.49. The van der Waals surface area contributed by atoms with Gasteiger partial charge in [0.05, 0.1) is 13.4 Å². The van der Waals surface area contributed by atoms with E-state index in [-0.39, 0.29) is 18.0 Å². The molecule has 27 heavy (non-hydrogen) atoms. The Balaban J connectivity index is 1.59. The number of aromatic nitrogens is 2. The van der Waals surface area contributed by atoms with Gasteiger partial charge in [-0.2, -0.15) is 0 Å². The summed E-state index contributed by atoms with van der Waals surface area (Å²) >= 11 is 0. The fraction of sp³-hybridized carbons (Fsp3) is 0.429. The lowest BCUT2D eigenvalue weighted by atomic mass is 9.98. The van der Waals surface area contributed by atoms with E-state index < -0.39 is 0 Å². The molecule has 6 heteroatoms. The number of piperidine rings is 1. The van der Waals surface area contributed by atoms with Crippen LogP contribution >= 0.6 is 0 Å². The number of carbonyl (C=O) groups excluding carboxylic acids is 1. The molecular weight excluding hydrogens is 340 g/mol. The summed E-state index contributed by atoms with van der Waals surface area (Å²) in [6.45, 7) is 6.42. The molecule has 0 bridgehead atoms. The summed E-state index contributed by atoms with van der Waals surface area (Å²) in [5.41, 5.74) is 4.53. The van der Waals surface area contributed by atoms with Gasteiger partial charge in [-0.15, -0.1) is 0 Å². The SMILES string of the molecule is C=CC(=O)N1C[C@H](Nc2ccnc3[nH]cc([C@@H]4C/C4=C\OC)c23)CC[C@@H]1C. The van der Waals surface area contributed by atoms with E-state index >= 15 is 0 Å². The number of fused-ring (bicyclic) bond motifs is 1. The molecule has 3 heterocycles. The summed E-state index contributed by atoms with van der Waals surface area (Å²) < 4.78 is 5.16. The number of methoxy groups -OCH3 is 1. The first-order valence-corrected chi connectivity index (χ1v) is 9.49. The molecule has 0 aromatic carbocycles. The van der Waals surface area contributed by atoms with Crippen LogP contribution in [-0.4, -0.2) is 46.5 Å².